The van der Waals surface area contributed by atoms with Crippen molar-refractivity contribution in [2.45, 2.75) is 13.8 Å². The lowest BCUT2D eigenvalue weighted by Crippen LogP contribution is -2.32. The van der Waals surface area contributed by atoms with Gasteiger partial charge in [0.2, 0.25) is 11.9 Å². The van der Waals surface area contributed by atoms with Crippen molar-refractivity contribution in [3.05, 3.63) is 41.7 Å². The Hall–Kier alpha value is -3.00. The third kappa shape index (κ3) is 6.14. The summed E-state index contributed by atoms with van der Waals surface area (Å²) in [5, 5.41) is 8.61. The van der Waals surface area contributed by atoms with Crippen LogP contribution in [-0.2, 0) is 4.79 Å². The maximum atomic E-state index is 12.2. The van der Waals surface area contributed by atoms with Gasteiger partial charge in [-0.1, -0.05) is 0 Å². The maximum Gasteiger partial charge on any atom is 0.270 e. The van der Waals surface area contributed by atoms with Crippen LogP contribution < -0.4 is 16.0 Å². The minimum absolute atomic E-state index is 0.127. The number of likely N-dealkylation sites (N-methyl/N-ethyl adjacent to an activating group) is 1. The lowest BCUT2D eigenvalue weighted by atomic mass is 10.2. The Morgan fingerprint density at radius 2 is 1.73 bits per heavy atom. The molecule has 0 fully saturated rings. The highest BCUT2D eigenvalue weighted by Crippen LogP contribution is 2.17. The molecule has 2 aromatic rings. The van der Waals surface area contributed by atoms with E-state index in [9.17, 15) is 9.59 Å². The first kappa shape index (κ1) is 19.3. The highest BCUT2D eigenvalue weighted by atomic mass is 16.2. The number of nitrogens with one attached hydrogen (secondary N) is 3. The summed E-state index contributed by atoms with van der Waals surface area (Å²) in [5.74, 6) is -0.0194. The third-order valence-electron chi connectivity index (χ3n) is 3.39. The van der Waals surface area contributed by atoms with E-state index in [0.717, 1.165) is 12.2 Å². The van der Waals surface area contributed by atoms with Crippen LogP contribution >= 0.6 is 0 Å². The topological polar surface area (TPSA) is 99.2 Å². The fraction of sp³-hybridized carbons (Fsp3) is 0.333. The van der Waals surface area contributed by atoms with Gasteiger partial charge >= 0.3 is 0 Å². The molecule has 1 aromatic heterocycles. The second kappa shape index (κ2) is 8.91. The molecule has 8 heteroatoms. The van der Waals surface area contributed by atoms with Gasteiger partial charge in [-0.15, -0.1) is 0 Å². The second-order valence-corrected chi connectivity index (χ2v) is 6.16. The van der Waals surface area contributed by atoms with Crippen molar-refractivity contribution in [1.29, 1.82) is 0 Å². The van der Waals surface area contributed by atoms with Gasteiger partial charge in [-0.25, -0.2) is 9.97 Å². The molecule has 1 aromatic carbocycles. The van der Waals surface area contributed by atoms with E-state index in [2.05, 4.69) is 25.9 Å². The van der Waals surface area contributed by atoms with Gasteiger partial charge in [-0.3, -0.25) is 9.59 Å². The Morgan fingerprint density at radius 1 is 1.08 bits per heavy atom. The molecule has 26 heavy (non-hydrogen) atoms. The summed E-state index contributed by atoms with van der Waals surface area (Å²) in [7, 11) is 3.89. The quantitative estimate of drug-likeness (QED) is 0.699. The minimum atomic E-state index is -0.235. The van der Waals surface area contributed by atoms with Gasteiger partial charge in [0.1, 0.15) is 5.69 Å². The molecule has 3 N–H and O–H groups in total. The Balaban J connectivity index is 2.06. The lowest BCUT2D eigenvalue weighted by molar-refractivity contribution is -0.114. The largest absolute Gasteiger partial charge is 0.349 e. The predicted octanol–water partition coefficient (Wildman–Crippen LogP) is 1.78. The van der Waals surface area contributed by atoms with Crippen LogP contribution in [0.1, 0.15) is 23.1 Å². The molecule has 0 unspecified atom stereocenters. The molecule has 0 aliphatic heterocycles. The summed E-state index contributed by atoms with van der Waals surface area (Å²) < 4.78 is 0. The molecule has 0 aliphatic rings. The van der Waals surface area contributed by atoms with Crippen LogP contribution in [0.2, 0.25) is 0 Å². The number of carbonyl (C=O) groups is 2. The van der Waals surface area contributed by atoms with Gasteiger partial charge in [0.05, 0.1) is 0 Å². The van der Waals surface area contributed by atoms with Gasteiger partial charge in [0.15, 0.2) is 0 Å². The first-order valence-corrected chi connectivity index (χ1v) is 8.27. The molecule has 1 heterocycles. The highest BCUT2D eigenvalue weighted by molar-refractivity contribution is 5.92. The number of rotatable bonds is 7. The zero-order valence-corrected chi connectivity index (χ0v) is 15.5. The molecule has 2 amide bonds. The number of anilines is 3. The lowest BCUT2D eigenvalue weighted by Gasteiger charge is -2.11. The number of hydrogen-bond acceptors (Lipinski definition) is 6. The molecule has 0 atom stereocenters. The molecule has 0 bridgehead atoms. The first-order valence-electron chi connectivity index (χ1n) is 8.27. The van der Waals surface area contributed by atoms with Crippen LogP contribution in [0, 0.1) is 6.92 Å². The molecule has 0 radical (unpaired) electrons. The zero-order chi connectivity index (χ0) is 19.1. The van der Waals surface area contributed by atoms with E-state index in [1.807, 2.05) is 25.9 Å². The predicted molar refractivity (Wildman–Crippen MR) is 102 cm³/mol. The molecular formula is C18H24N6O2. The van der Waals surface area contributed by atoms with E-state index >= 15 is 0 Å². The SMILES string of the molecule is CC(=O)Nc1ccc(Nc2nc(C)cc(C(=O)NCCN(C)C)n2)cc1. The number of amides is 2. The highest BCUT2D eigenvalue weighted by Gasteiger charge is 2.10. The molecule has 138 valence electrons. The van der Waals surface area contributed by atoms with Crippen molar-refractivity contribution in [2.24, 2.45) is 0 Å². The summed E-state index contributed by atoms with van der Waals surface area (Å²) >= 11 is 0. The Kier molecular flexibility index (Phi) is 6.62. The molecule has 0 saturated heterocycles. The van der Waals surface area contributed by atoms with E-state index in [4.69, 9.17) is 0 Å². The average Bonchev–Trinajstić information content (AvgIpc) is 2.55. The number of hydrogen-bond donors (Lipinski definition) is 3. The number of carbonyl (C=O) groups excluding carboxylic acids is 2. The Bertz CT molecular complexity index is 774. The van der Waals surface area contributed by atoms with Gasteiger partial charge in [0.25, 0.3) is 5.91 Å². The standard InChI is InChI=1S/C18H24N6O2/c1-12-11-16(17(26)19-9-10-24(3)4)23-18(20-12)22-15-7-5-14(6-8-15)21-13(2)25/h5-8,11H,9-10H2,1-4H3,(H,19,26)(H,21,25)(H,20,22,23). The molecule has 2 rings (SSSR count). The monoisotopic (exact) mass is 356 g/mol. The van der Waals surface area contributed by atoms with Crippen molar-refractivity contribution in [3.8, 4) is 0 Å². The van der Waals surface area contributed by atoms with Crippen molar-refractivity contribution in [3.63, 3.8) is 0 Å². The van der Waals surface area contributed by atoms with Crippen molar-refractivity contribution in [1.82, 2.24) is 20.2 Å². The summed E-state index contributed by atoms with van der Waals surface area (Å²) in [6.45, 7) is 4.56. The van der Waals surface area contributed by atoms with Gasteiger partial charge < -0.3 is 20.9 Å². The average molecular weight is 356 g/mol. The fourth-order valence-corrected chi connectivity index (χ4v) is 2.19. The number of aromatic nitrogens is 2. The van der Waals surface area contributed by atoms with Crippen LogP contribution in [0.15, 0.2) is 30.3 Å². The molecule has 8 nitrogen and oxygen atoms in total. The molecular weight excluding hydrogens is 332 g/mol. The number of nitrogens with zero attached hydrogens (tertiary/aromatic N) is 3. The van der Waals surface area contributed by atoms with E-state index in [0.29, 0.717) is 29.6 Å². The first-order chi connectivity index (χ1) is 12.3. The summed E-state index contributed by atoms with van der Waals surface area (Å²) in [6.07, 6.45) is 0. The zero-order valence-electron chi connectivity index (χ0n) is 15.5. The summed E-state index contributed by atoms with van der Waals surface area (Å²) in [4.78, 5) is 33.9. The molecule has 0 spiro atoms. The number of benzene rings is 1. The van der Waals surface area contributed by atoms with Gasteiger partial charge in [-0.05, 0) is 51.4 Å². The van der Waals surface area contributed by atoms with E-state index in [1.54, 1.807) is 30.3 Å². The van der Waals surface area contributed by atoms with Gasteiger partial charge in [0, 0.05) is 37.1 Å². The summed E-state index contributed by atoms with van der Waals surface area (Å²) in [6, 6.07) is 8.79. The van der Waals surface area contributed by atoms with Crippen LogP contribution in [0.5, 0.6) is 0 Å². The molecule has 0 aliphatic carbocycles. The number of aryl methyl sites for hydroxylation is 1. The third-order valence-corrected chi connectivity index (χ3v) is 3.39. The normalized spacial score (nSPS) is 10.5. The minimum Gasteiger partial charge on any atom is -0.349 e. The second-order valence-electron chi connectivity index (χ2n) is 6.16. The van der Waals surface area contributed by atoms with E-state index in [1.165, 1.54) is 6.92 Å². The smallest absolute Gasteiger partial charge is 0.270 e. The molecule has 0 saturated carbocycles. The van der Waals surface area contributed by atoms with E-state index < -0.39 is 0 Å². The van der Waals surface area contributed by atoms with Crippen LogP contribution in [0.3, 0.4) is 0 Å². The summed E-state index contributed by atoms with van der Waals surface area (Å²) in [5.41, 5.74) is 2.46. The Morgan fingerprint density at radius 3 is 2.35 bits per heavy atom. The van der Waals surface area contributed by atoms with Crippen molar-refractivity contribution >= 4 is 29.1 Å². The van der Waals surface area contributed by atoms with Crippen LogP contribution in [-0.4, -0.2) is 53.9 Å². The van der Waals surface area contributed by atoms with Crippen LogP contribution in [0.4, 0.5) is 17.3 Å². The maximum absolute atomic E-state index is 12.2. The van der Waals surface area contributed by atoms with Crippen LogP contribution in [0.25, 0.3) is 0 Å². The van der Waals surface area contributed by atoms with E-state index in [-0.39, 0.29) is 11.8 Å². The Labute approximate surface area is 153 Å². The van der Waals surface area contributed by atoms with Gasteiger partial charge in [-0.2, -0.15) is 0 Å². The van der Waals surface area contributed by atoms with Crippen molar-refractivity contribution < 1.29 is 9.59 Å². The fourth-order valence-electron chi connectivity index (χ4n) is 2.19. The van der Waals surface area contributed by atoms with Crippen molar-refractivity contribution in [2.75, 3.05) is 37.8 Å².